The van der Waals surface area contributed by atoms with E-state index < -0.39 is 6.10 Å². The summed E-state index contributed by atoms with van der Waals surface area (Å²) >= 11 is 0. The first-order valence-corrected chi connectivity index (χ1v) is 29.7. The van der Waals surface area contributed by atoms with Crippen molar-refractivity contribution in [3.63, 3.8) is 0 Å². The maximum Gasteiger partial charge on any atom is 0.306 e. The molecular formula is C67H108O6. The molecule has 0 saturated heterocycles. The summed E-state index contributed by atoms with van der Waals surface area (Å²) in [4.78, 5) is 38.2. The molecule has 412 valence electrons. The van der Waals surface area contributed by atoms with Gasteiger partial charge in [0.2, 0.25) is 0 Å². The van der Waals surface area contributed by atoms with Gasteiger partial charge in [-0.25, -0.2) is 0 Å². The van der Waals surface area contributed by atoms with Crippen LogP contribution < -0.4 is 0 Å². The summed E-state index contributed by atoms with van der Waals surface area (Å²) in [6.45, 7) is 6.33. The molecule has 0 rings (SSSR count). The van der Waals surface area contributed by atoms with Crippen molar-refractivity contribution in [2.45, 2.75) is 258 Å². The van der Waals surface area contributed by atoms with Gasteiger partial charge in [-0.05, 0) is 128 Å². The summed E-state index contributed by atoms with van der Waals surface area (Å²) in [5, 5.41) is 0. The van der Waals surface area contributed by atoms with Gasteiger partial charge in [0.05, 0.1) is 0 Å². The van der Waals surface area contributed by atoms with E-state index in [2.05, 4.69) is 154 Å². The summed E-state index contributed by atoms with van der Waals surface area (Å²) in [7, 11) is 0. The van der Waals surface area contributed by atoms with Crippen molar-refractivity contribution in [1.29, 1.82) is 0 Å². The van der Waals surface area contributed by atoms with E-state index in [1.54, 1.807) is 0 Å². The second kappa shape index (κ2) is 60.1. The molecular weight excluding hydrogens is 901 g/mol. The Hall–Kier alpha value is -4.45. The van der Waals surface area contributed by atoms with Crippen molar-refractivity contribution in [1.82, 2.24) is 0 Å². The lowest BCUT2D eigenvalue weighted by Gasteiger charge is -2.18. The molecule has 0 bridgehead atoms. The molecule has 73 heavy (non-hydrogen) atoms. The highest BCUT2D eigenvalue weighted by atomic mass is 16.6. The van der Waals surface area contributed by atoms with Crippen LogP contribution in [0, 0.1) is 0 Å². The average Bonchev–Trinajstić information content (AvgIpc) is 3.39. The van der Waals surface area contributed by atoms with Crippen molar-refractivity contribution in [2.75, 3.05) is 13.2 Å². The fraction of sp³-hybridized carbons (Fsp3) is 0.627. The molecule has 0 aromatic carbocycles. The summed E-state index contributed by atoms with van der Waals surface area (Å²) in [6.07, 6.45) is 84.5. The van der Waals surface area contributed by atoms with Crippen molar-refractivity contribution >= 4 is 17.9 Å². The molecule has 0 aliphatic carbocycles. The van der Waals surface area contributed by atoms with Crippen molar-refractivity contribution < 1.29 is 28.6 Å². The quantitative estimate of drug-likeness (QED) is 0.0261. The number of hydrogen-bond acceptors (Lipinski definition) is 6. The number of unbranched alkanes of at least 4 members (excludes halogenated alkanes) is 19. The third kappa shape index (κ3) is 58.3. The molecule has 6 heteroatoms. The number of hydrogen-bond donors (Lipinski definition) is 0. The van der Waals surface area contributed by atoms with E-state index in [9.17, 15) is 14.4 Å². The summed E-state index contributed by atoms with van der Waals surface area (Å²) in [5.41, 5.74) is 0. The highest BCUT2D eigenvalue weighted by Gasteiger charge is 2.19. The van der Waals surface area contributed by atoms with Crippen LogP contribution in [0.3, 0.4) is 0 Å². The lowest BCUT2D eigenvalue weighted by Crippen LogP contribution is -2.30. The second-order valence-electron chi connectivity index (χ2n) is 19.1. The molecule has 1 unspecified atom stereocenters. The van der Waals surface area contributed by atoms with E-state index in [-0.39, 0.29) is 37.5 Å². The summed E-state index contributed by atoms with van der Waals surface area (Å²) in [5.74, 6) is -0.952. The number of esters is 3. The minimum atomic E-state index is -0.806. The topological polar surface area (TPSA) is 78.9 Å². The maximum absolute atomic E-state index is 12.9. The minimum Gasteiger partial charge on any atom is -0.462 e. The normalized spacial score (nSPS) is 13.1. The van der Waals surface area contributed by atoms with Gasteiger partial charge in [-0.2, -0.15) is 0 Å². The SMILES string of the molecule is CC/C=C\C/C=C\C/C=C\C/C=C\C/C=C\CCCCCCCCCCCC(=O)OCC(COC(=O)CCCCCCC/C=C\CCCC)OC(=O)CCCCC/C=C\C/C=C\C/C=C\C/C=C\C/C=C\CC. The van der Waals surface area contributed by atoms with Crippen LogP contribution in [0.4, 0.5) is 0 Å². The maximum atomic E-state index is 12.9. The molecule has 0 heterocycles. The van der Waals surface area contributed by atoms with E-state index in [4.69, 9.17) is 14.2 Å². The highest BCUT2D eigenvalue weighted by Crippen LogP contribution is 2.14. The third-order valence-electron chi connectivity index (χ3n) is 12.1. The molecule has 1 atom stereocenters. The van der Waals surface area contributed by atoms with Gasteiger partial charge < -0.3 is 14.2 Å². The molecule has 0 aliphatic rings. The Kier molecular flexibility index (Phi) is 56.4. The van der Waals surface area contributed by atoms with Crippen LogP contribution in [0.1, 0.15) is 252 Å². The molecule has 6 nitrogen and oxygen atoms in total. The molecule has 0 saturated carbocycles. The van der Waals surface area contributed by atoms with Crippen LogP contribution >= 0.6 is 0 Å². The van der Waals surface area contributed by atoms with Crippen LogP contribution in [0.5, 0.6) is 0 Å². The summed E-state index contributed by atoms with van der Waals surface area (Å²) in [6, 6.07) is 0. The van der Waals surface area contributed by atoms with Crippen molar-refractivity contribution in [3.8, 4) is 0 Å². The lowest BCUT2D eigenvalue weighted by molar-refractivity contribution is -0.167. The van der Waals surface area contributed by atoms with Crippen molar-refractivity contribution in [3.05, 3.63) is 134 Å². The van der Waals surface area contributed by atoms with Crippen LogP contribution in [-0.4, -0.2) is 37.2 Å². The fourth-order valence-corrected chi connectivity index (χ4v) is 7.71. The Morgan fingerprint density at radius 1 is 0.288 bits per heavy atom. The number of allylic oxidation sites excluding steroid dienone is 22. The van der Waals surface area contributed by atoms with E-state index in [1.807, 2.05) is 0 Å². The number of carbonyl (C=O) groups excluding carboxylic acids is 3. The first-order valence-electron chi connectivity index (χ1n) is 29.7. The molecule has 0 spiro atoms. The Balaban J connectivity index is 4.39. The molecule has 0 amide bonds. The van der Waals surface area contributed by atoms with Gasteiger partial charge in [-0.1, -0.05) is 238 Å². The zero-order valence-electron chi connectivity index (χ0n) is 47.1. The zero-order valence-corrected chi connectivity index (χ0v) is 47.1. The van der Waals surface area contributed by atoms with E-state index in [0.717, 1.165) is 148 Å². The standard InChI is InChI=1S/C67H108O6/c1-4-7-10-13-16-19-22-24-26-28-30-31-32-33-34-35-37-38-40-42-45-48-51-54-57-60-66(69)72-63-64(62-71-65(68)59-56-53-50-47-44-21-18-15-12-9-6-3)73-67(70)61-58-55-52-49-46-43-41-39-36-29-27-25-23-20-17-14-11-8-5-2/h7-8,10-11,15-20,24-27,30-31,33-34,36,39,43,46,64H,4-6,9,12-14,21-23,28-29,32,35,37-38,40-42,44-45,47-63H2,1-3H3/b10-7-,11-8-,18-15-,19-16-,20-17-,26-24-,27-25-,31-30-,34-33-,39-36-,46-43-. The Morgan fingerprint density at radius 2 is 0.534 bits per heavy atom. The summed E-state index contributed by atoms with van der Waals surface area (Å²) < 4.78 is 16.8. The minimum absolute atomic E-state index is 0.101. The number of carbonyl (C=O) groups is 3. The smallest absolute Gasteiger partial charge is 0.306 e. The third-order valence-corrected chi connectivity index (χ3v) is 12.1. The predicted octanol–water partition coefficient (Wildman–Crippen LogP) is 20.2. The van der Waals surface area contributed by atoms with Gasteiger partial charge in [0.1, 0.15) is 13.2 Å². The molecule has 0 radical (unpaired) electrons. The Morgan fingerprint density at radius 3 is 0.863 bits per heavy atom. The van der Waals surface area contributed by atoms with Gasteiger partial charge in [-0.15, -0.1) is 0 Å². The van der Waals surface area contributed by atoms with Gasteiger partial charge in [0.25, 0.3) is 0 Å². The largest absolute Gasteiger partial charge is 0.462 e. The van der Waals surface area contributed by atoms with Gasteiger partial charge in [-0.3, -0.25) is 14.4 Å². The fourth-order valence-electron chi connectivity index (χ4n) is 7.71. The van der Waals surface area contributed by atoms with E-state index in [0.29, 0.717) is 12.8 Å². The van der Waals surface area contributed by atoms with Gasteiger partial charge >= 0.3 is 17.9 Å². The second-order valence-corrected chi connectivity index (χ2v) is 19.1. The van der Waals surface area contributed by atoms with Gasteiger partial charge in [0.15, 0.2) is 6.10 Å². The predicted molar refractivity (Wildman–Crippen MR) is 316 cm³/mol. The molecule has 0 fully saturated rings. The van der Waals surface area contributed by atoms with Gasteiger partial charge in [0, 0.05) is 19.3 Å². The molecule has 0 aromatic rings. The first kappa shape index (κ1) is 68.6. The van der Waals surface area contributed by atoms with Crippen LogP contribution in [0.2, 0.25) is 0 Å². The number of rotatable bonds is 52. The average molecular weight is 1010 g/mol. The van der Waals surface area contributed by atoms with E-state index >= 15 is 0 Å². The van der Waals surface area contributed by atoms with Crippen LogP contribution in [0.15, 0.2) is 134 Å². The van der Waals surface area contributed by atoms with Crippen LogP contribution in [0.25, 0.3) is 0 Å². The number of ether oxygens (including phenoxy) is 3. The Labute approximate surface area is 449 Å². The molecule has 0 aliphatic heterocycles. The first-order chi connectivity index (χ1) is 36.0. The monoisotopic (exact) mass is 1010 g/mol. The Bertz CT molecular complexity index is 1580. The molecule has 0 aromatic heterocycles. The van der Waals surface area contributed by atoms with Crippen LogP contribution in [-0.2, 0) is 28.6 Å². The molecule has 0 N–H and O–H groups in total. The highest BCUT2D eigenvalue weighted by molar-refractivity contribution is 5.71. The van der Waals surface area contributed by atoms with Crippen molar-refractivity contribution in [2.24, 2.45) is 0 Å². The van der Waals surface area contributed by atoms with E-state index in [1.165, 1.54) is 64.2 Å². The lowest BCUT2D eigenvalue weighted by atomic mass is 10.1. The zero-order chi connectivity index (χ0) is 52.9.